The number of hydrogen-bond acceptors (Lipinski definition) is 9. The molecule has 3 aromatic carbocycles. The second kappa shape index (κ2) is 10.8. The van der Waals surface area contributed by atoms with E-state index in [0.717, 1.165) is 0 Å². The van der Waals surface area contributed by atoms with Crippen molar-refractivity contribution in [1.29, 1.82) is 47.4 Å². The van der Waals surface area contributed by atoms with Crippen LogP contribution in [0.5, 0.6) is 0 Å². The van der Waals surface area contributed by atoms with Gasteiger partial charge >= 0.3 is 0 Å². The molecule has 0 saturated heterocycles. The minimum Gasteiger partial charge on any atom is -0.192 e. The Kier molecular flexibility index (Phi) is 7.24. The molecule has 3 rings (SSSR count). The van der Waals surface area contributed by atoms with Gasteiger partial charge in [-0.1, -0.05) is 12.1 Å². The van der Waals surface area contributed by atoms with E-state index in [1.54, 1.807) is 0 Å². The molecule has 0 aliphatic heterocycles. The van der Waals surface area contributed by atoms with Crippen LogP contribution in [0.15, 0.2) is 42.5 Å². The maximum Gasteiger partial charge on any atom is 0.101 e. The summed E-state index contributed by atoms with van der Waals surface area (Å²) in [6.45, 7) is 0. The van der Waals surface area contributed by atoms with Gasteiger partial charge in [0.1, 0.15) is 48.6 Å². The summed E-state index contributed by atoms with van der Waals surface area (Å²) in [5.74, 6) is 0. The summed E-state index contributed by atoms with van der Waals surface area (Å²) in [5, 5.41) is 86.8. The number of benzene rings is 3. The van der Waals surface area contributed by atoms with Crippen LogP contribution >= 0.6 is 0 Å². The molecular formula is C29H7N9. The first-order valence-corrected chi connectivity index (χ1v) is 10.3. The molecule has 0 aliphatic carbocycles. The molecule has 9 nitrogen and oxygen atoms in total. The first-order chi connectivity index (χ1) is 18.5. The molecule has 0 aliphatic rings. The smallest absolute Gasteiger partial charge is 0.101 e. The molecular weight excluding hydrogens is 474 g/mol. The Morgan fingerprint density at radius 1 is 0.421 bits per heavy atom. The lowest BCUT2D eigenvalue weighted by Crippen LogP contribution is -2.26. The number of hydrogen-bond donors (Lipinski definition) is 0. The Bertz CT molecular complexity index is 2070. The monoisotopic (exact) mass is 481 g/mol. The summed E-state index contributed by atoms with van der Waals surface area (Å²) >= 11 is 0. The fourth-order valence-electron chi connectivity index (χ4n) is 3.78. The van der Waals surface area contributed by atoms with Gasteiger partial charge in [0.25, 0.3) is 0 Å². The van der Waals surface area contributed by atoms with Crippen molar-refractivity contribution in [2.24, 2.45) is 0 Å². The van der Waals surface area contributed by atoms with Gasteiger partial charge in [-0.3, -0.25) is 0 Å². The minimum absolute atomic E-state index is 0.0110. The van der Waals surface area contributed by atoms with E-state index < -0.39 is 0 Å². The van der Waals surface area contributed by atoms with E-state index >= 15 is 0 Å². The zero-order valence-electron chi connectivity index (χ0n) is 19.1. The first-order valence-electron chi connectivity index (χ1n) is 10.3. The van der Waals surface area contributed by atoms with Crippen molar-refractivity contribution in [3.63, 3.8) is 0 Å². The number of nitriles is 9. The van der Waals surface area contributed by atoms with Gasteiger partial charge in [-0.05, 0) is 41.5 Å². The highest BCUT2D eigenvalue weighted by atomic mass is 14.3. The van der Waals surface area contributed by atoms with Gasteiger partial charge in [0.05, 0.1) is 56.2 Å². The lowest BCUT2D eigenvalue weighted by molar-refractivity contribution is 1.32. The van der Waals surface area contributed by atoms with E-state index in [2.05, 4.69) is 0 Å². The van der Waals surface area contributed by atoms with Crippen molar-refractivity contribution in [1.82, 2.24) is 0 Å². The van der Waals surface area contributed by atoms with E-state index in [1.165, 1.54) is 42.5 Å². The SMILES string of the molecule is N#C/C(c1ccc(C#N)c(C#N)c1)=c1/c(C#N)c/c(=C(\C#N)c2ccc(C#N)c(C#N)c2)c(C#N)c1C#N. The molecule has 0 radical (unpaired) electrons. The Morgan fingerprint density at radius 3 is 1.26 bits per heavy atom. The largest absolute Gasteiger partial charge is 0.192 e. The fourth-order valence-corrected chi connectivity index (χ4v) is 3.78. The summed E-state index contributed by atoms with van der Waals surface area (Å²) in [6, 6.07) is 26.1. The third-order valence-corrected chi connectivity index (χ3v) is 5.51. The maximum absolute atomic E-state index is 10.0. The van der Waals surface area contributed by atoms with Gasteiger partial charge in [0, 0.05) is 10.4 Å². The molecule has 38 heavy (non-hydrogen) atoms. The van der Waals surface area contributed by atoms with E-state index in [4.69, 9.17) is 0 Å². The van der Waals surface area contributed by atoms with Gasteiger partial charge in [-0.2, -0.15) is 47.4 Å². The second-order valence-corrected chi connectivity index (χ2v) is 7.37. The summed E-state index contributed by atoms with van der Waals surface area (Å²) in [6.07, 6.45) is 0. The number of rotatable bonds is 2. The second-order valence-electron chi connectivity index (χ2n) is 7.37. The van der Waals surface area contributed by atoms with E-state index in [-0.39, 0.29) is 71.7 Å². The lowest BCUT2D eigenvalue weighted by atomic mass is 9.90. The van der Waals surface area contributed by atoms with Crippen LogP contribution in [-0.2, 0) is 0 Å². The number of nitrogens with zero attached hydrogens (tertiary/aromatic N) is 9. The topological polar surface area (TPSA) is 214 Å². The molecule has 0 aromatic heterocycles. The molecule has 0 fully saturated rings. The van der Waals surface area contributed by atoms with Gasteiger partial charge in [0.2, 0.25) is 0 Å². The van der Waals surface area contributed by atoms with Crippen molar-refractivity contribution in [2.75, 3.05) is 0 Å². The van der Waals surface area contributed by atoms with Crippen LogP contribution < -0.4 is 10.4 Å². The molecule has 3 aromatic rings. The van der Waals surface area contributed by atoms with Crippen LogP contribution in [0.25, 0.3) is 11.1 Å². The minimum atomic E-state index is -0.345. The van der Waals surface area contributed by atoms with Crippen LogP contribution in [0, 0.1) is 102 Å². The average Bonchev–Trinajstić information content (AvgIpc) is 2.97. The first kappa shape index (κ1) is 25.4. The molecule has 0 amide bonds. The van der Waals surface area contributed by atoms with E-state index in [1.807, 2.05) is 54.6 Å². The zero-order valence-corrected chi connectivity index (χ0v) is 19.1. The van der Waals surface area contributed by atoms with Crippen LogP contribution in [0.3, 0.4) is 0 Å². The summed E-state index contributed by atoms with van der Waals surface area (Å²) in [5.41, 5.74) is -0.733. The zero-order chi connectivity index (χ0) is 27.8. The standard InChI is InChI=1S/C29H7N9/c30-8-19-3-1-17(5-21(19)10-32)25(13-35)24-7-23(12-34)29(28(16-38)27(24)15-37)26(14-36)18-2-4-20(9-31)22(6-18)11-33/h1-7H/b25-24-,29-26+. The van der Waals surface area contributed by atoms with E-state index in [0.29, 0.717) is 0 Å². The van der Waals surface area contributed by atoms with Gasteiger partial charge < -0.3 is 0 Å². The third-order valence-electron chi connectivity index (χ3n) is 5.51. The predicted molar refractivity (Wildman–Crippen MR) is 128 cm³/mol. The highest BCUT2D eigenvalue weighted by molar-refractivity contribution is 5.83. The van der Waals surface area contributed by atoms with Gasteiger partial charge in [-0.25, -0.2) is 0 Å². The Hall–Kier alpha value is -7.19. The van der Waals surface area contributed by atoms with Crippen LogP contribution in [0.2, 0.25) is 0 Å². The van der Waals surface area contributed by atoms with Crippen molar-refractivity contribution >= 4 is 11.1 Å². The van der Waals surface area contributed by atoms with E-state index in [9.17, 15) is 47.4 Å². The van der Waals surface area contributed by atoms with Gasteiger partial charge in [0.15, 0.2) is 0 Å². The van der Waals surface area contributed by atoms with Crippen molar-refractivity contribution in [3.8, 4) is 54.6 Å². The molecule has 0 unspecified atom stereocenters. The maximum atomic E-state index is 10.0. The Balaban J connectivity index is 2.62. The third kappa shape index (κ3) is 4.20. The van der Waals surface area contributed by atoms with Crippen LogP contribution in [0.4, 0.5) is 0 Å². The highest BCUT2D eigenvalue weighted by Crippen LogP contribution is 2.19. The van der Waals surface area contributed by atoms with Crippen LogP contribution in [-0.4, -0.2) is 0 Å². The molecule has 0 heterocycles. The summed E-state index contributed by atoms with van der Waals surface area (Å²) in [4.78, 5) is 0. The Morgan fingerprint density at radius 2 is 0.868 bits per heavy atom. The molecule has 0 atom stereocenters. The highest BCUT2D eigenvalue weighted by Gasteiger charge is 2.19. The Labute approximate surface area is 216 Å². The molecule has 168 valence electrons. The van der Waals surface area contributed by atoms with Gasteiger partial charge in [-0.15, -0.1) is 0 Å². The molecule has 0 N–H and O–H groups in total. The van der Waals surface area contributed by atoms with Crippen molar-refractivity contribution < 1.29 is 0 Å². The fraction of sp³-hybridized carbons (Fsp3) is 0. The van der Waals surface area contributed by atoms with Crippen LogP contribution in [0.1, 0.15) is 50.1 Å². The predicted octanol–water partition coefficient (Wildman–Crippen LogP) is 2.23. The van der Waals surface area contributed by atoms with Crippen molar-refractivity contribution in [3.05, 3.63) is 103 Å². The average molecular weight is 481 g/mol. The summed E-state index contributed by atoms with van der Waals surface area (Å²) < 4.78 is 0. The molecule has 0 bridgehead atoms. The molecule has 0 spiro atoms. The van der Waals surface area contributed by atoms with Crippen molar-refractivity contribution in [2.45, 2.75) is 0 Å². The molecule has 0 saturated carbocycles. The summed E-state index contributed by atoms with van der Waals surface area (Å²) in [7, 11) is 0. The molecule has 9 heteroatoms. The normalized spacial score (nSPS) is 10.7. The quantitative estimate of drug-likeness (QED) is 0.523. The lowest BCUT2D eigenvalue weighted by Gasteiger charge is -2.08.